The summed E-state index contributed by atoms with van der Waals surface area (Å²) in [6.07, 6.45) is 11.9. The Kier molecular flexibility index (Phi) is 11.3. The molecule has 0 saturated carbocycles. The van der Waals surface area contributed by atoms with E-state index in [9.17, 15) is 24.6 Å². The maximum absolute atomic E-state index is 12.3. The van der Waals surface area contributed by atoms with Gasteiger partial charge in [-0.2, -0.15) is 0 Å². The van der Waals surface area contributed by atoms with Gasteiger partial charge < -0.3 is 19.7 Å². The summed E-state index contributed by atoms with van der Waals surface area (Å²) < 4.78 is 9.71. The Bertz CT molecular complexity index is 664. The Morgan fingerprint density at radius 1 is 1.27 bits per heavy atom. The van der Waals surface area contributed by atoms with Crippen LogP contribution in [0.1, 0.15) is 58.8 Å². The van der Waals surface area contributed by atoms with Crippen molar-refractivity contribution in [2.24, 2.45) is 5.92 Å². The minimum atomic E-state index is -1.48. The summed E-state index contributed by atoms with van der Waals surface area (Å²) in [6.45, 7) is 3.37. The highest BCUT2D eigenvalue weighted by atomic mass is 16.5. The van der Waals surface area contributed by atoms with Crippen LogP contribution in [0.5, 0.6) is 0 Å². The average molecular weight is 423 g/mol. The van der Waals surface area contributed by atoms with Crippen LogP contribution >= 0.6 is 0 Å². The van der Waals surface area contributed by atoms with Crippen LogP contribution in [0.25, 0.3) is 0 Å². The predicted octanol–water partition coefficient (Wildman–Crippen LogP) is 2.80. The first-order valence-corrected chi connectivity index (χ1v) is 10.4. The number of unbranched alkanes of at least 4 members (excludes halogenated alkanes) is 3. The third kappa shape index (κ3) is 8.63. The first-order valence-electron chi connectivity index (χ1n) is 10.4. The molecule has 3 unspecified atom stereocenters. The molecule has 0 heterocycles. The van der Waals surface area contributed by atoms with Crippen molar-refractivity contribution in [2.45, 2.75) is 76.6 Å². The number of ether oxygens (including phenoxy) is 2. The number of aliphatic hydroxyl groups is 2. The van der Waals surface area contributed by atoms with Crippen molar-refractivity contribution in [3.05, 3.63) is 36.5 Å². The zero-order valence-electron chi connectivity index (χ0n) is 18.1. The molecule has 0 aliphatic heterocycles. The predicted molar refractivity (Wildman–Crippen MR) is 112 cm³/mol. The molecule has 7 heteroatoms. The maximum Gasteiger partial charge on any atom is 0.305 e. The lowest BCUT2D eigenvalue weighted by atomic mass is 9.82. The summed E-state index contributed by atoms with van der Waals surface area (Å²) in [5.74, 6) is -2.40. The number of allylic oxidation sites excluding steroid dienone is 2. The molecule has 0 saturated heterocycles. The van der Waals surface area contributed by atoms with Gasteiger partial charge in [0.25, 0.3) is 0 Å². The molecule has 30 heavy (non-hydrogen) atoms. The van der Waals surface area contributed by atoms with E-state index in [1.54, 1.807) is 0 Å². The third-order valence-corrected chi connectivity index (χ3v) is 5.01. The van der Waals surface area contributed by atoms with Crippen LogP contribution in [0.3, 0.4) is 0 Å². The monoisotopic (exact) mass is 422 g/mol. The van der Waals surface area contributed by atoms with Crippen molar-refractivity contribution < 1.29 is 34.1 Å². The second kappa shape index (κ2) is 13.1. The maximum atomic E-state index is 12.3. The largest absolute Gasteiger partial charge is 0.469 e. The van der Waals surface area contributed by atoms with E-state index in [2.05, 4.69) is 11.7 Å². The number of hydrogen-bond acceptors (Lipinski definition) is 7. The number of esters is 2. The van der Waals surface area contributed by atoms with Gasteiger partial charge in [0.15, 0.2) is 5.78 Å². The van der Waals surface area contributed by atoms with Crippen LogP contribution in [0.2, 0.25) is 0 Å². The van der Waals surface area contributed by atoms with Gasteiger partial charge in [0.2, 0.25) is 0 Å². The van der Waals surface area contributed by atoms with Gasteiger partial charge in [0.1, 0.15) is 6.10 Å². The number of hydrogen-bond donors (Lipinski definition) is 2. The summed E-state index contributed by atoms with van der Waals surface area (Å²) in [5.41, 5.74) is -1.48. The lowest BCUT2D eigenvalue weighted by molar-refractivity contribution is -0.147. The number of rotatable bonds is 13. The topological polar surface area (TPSA) is 110 Å². The first kappa shape index (κ1) is 25.8. The molecule has 1 aliphatic carbocycles. The van der Waals surface area contributed by atoms with Gasteiger partial charge in [-0.25, -0.2) is 0 Å². The van der Waals surface area contributed by atoms with E-state index in [1.165, 1.54) is 38.3 Å². The fourth-order valence-corrected chi connectivity index (χ4v) is 3.36. The van der Waals surface area contributed by atoms with Crippen LogP contribution < -0.4 is 0 Å². The average Bonchev–Trinajstić information content (AvgIpc) is 3.00. The molecule has 0 bridgehead atoms. The fourth-order valence-electron chi connectivity index (χ4n) is 3.36. The lowest BCUT2D eigenvalue weighted by Crippen LogP contribution is -2.42. The van der Waals surface area contributed by atoms with E-state index in [1.807, 2.05) is 12.2 Å². The highest BCUT2D eigenvalue weighted by molar-refractivity contribution is 5.96. The quantitative estimate of drug-likeness (QED) is 0.267. The number of ketones is 1. The summed E-state index contributed by atoms with van der Waals surface area (Å²) in [4.78, 5) is 34.9. The second-order valence-electron chi connectivity index (χ2n) is 7.51. The summed E-state index contributed by atoms with van der Waals surface area (Å²) in [7, 11) is 1.26. The van der Waals surface area contributed by atoms with Crippen molar-refractivity contribution in [1.82, 2.24) is 0 Å². The Labute approximate surface area is 178 Å². The van der Waals surface area contributed by atoms with Crippen LogP contribution in [-0.2, 0) is 23.9 Å². The van der Waals surface area contributed by atoms with Gasteiger partial charge in [-0.15, -0.1) is 0 Å². The Hall–Kier alpha value is -2.25. The van der Waals surface area contributed by atoms with Gasteiger partial charge in [0, 0.05) is 13.3 Å². The van der Waals surface area contributed by atoms with Gasteiger partial charge in [-0.1, -0.05) is 38.0 Å². The number of carbonyl (C=O) groups is 3. The van der Waals surface area contributed by atoms with E-state index in [-0.39, 0.29) is 25.0 Å². The van der Waals surface area contributed by atoms with Gasteiger partial charge in [-0.3, -0.25) is 14.4 Å². The van der Waals surface area contributed by atoms with Gasteiger partial charge in [0.05, 0.1) is 24.7 Å². The van der Waals surface area contributed by atoms with Crippen LogP contribution in [0.4, 0.5) is 0 Å². The molecule has 0 aromatic heterocycles. The van der Waals surface area contributed by atoms with E-state index < -0.39 is 35.7 Å². The fraction of sp³-hybridized carbons (Fsp3) is 0.609. The molecule has 168 valence electrons. The van der Waals surface area contributed by atoms with Crippen LogP contribution in [0.15, 0.2) is 36.5 Å². The number of methoxy groups -OCH3 is 1. The Morgan fingerprint density at radius 3 is 2.63 bits per heavy atom. The molecule has 0 fully saturated rings. The summed E-state index contributed by atoms with van der Waals surface area (Å²) >= 11 is 0. The molecule has 4 atom stereocenters. The molecule has 2 N–H and O–H groups in total. The molecule has 0 aromatic carbocycles. The molecule has 0 aromatic rings. The smallest absolute Gasteiger partial charge is 0.305 e. The molecule has 0 amide bonds. The zero-order chi connectivity index (χ0) is 22.6. The van der Waals surface area contributed by atoms with E-state index in [4.69, 9.17) is 4.74 Å². The molecule has 1 aliphatic rings. The number of aliphatic hydroxyl groups excluding tert-OH is 1. The van der Waals surface area contributed by atoms with Crippen molar-refractivity contribution in [2.75, 3.05) is 7.11 Å². The van der Waals surface area contributed by atoms with Crippen molar-refractivity contribution in [3.63, 3.8) is 0 Å². The summed E-state index contributed by atoms with van der Waals surface area (Å²) in [5, 5.41) is 21.5. The molecule has 0 radical (unpaired) electrons. The Balaban J connectivity index is 2.78. The molecule has 0 spiro atoms. The third-order valence-electron chi connectivity index (χ3n) is 5.01. The normalized spacial score (nSPS) is 23.2. The minimum absolute atomic E-state index is 0.0333. The zero-order valence-corrected chi connectivity index (χ0v) is 18.1. The van der Waals surface area contributed by atoms with E-state index in [0.717, 1.165) is 25.7 Å². The SMILES string of the molecule is CCCCC/C=C/CC1(O)C=CC(=O)C1C(O)/C=C/[C@@H](CCC(=O)OC)OC(C)=O. The first-order chi connectivity index (χ1) is 14.2. The van der Waals surface area contributed by atoms with Crippen LogP contribution in [0, 0.1) is 5.92 Å². The standard InChI is InChI=1S/C23H34O7/c1-4-5-6-7-8-9-15-23(28)16-14-20(26)22(23)19(25)12-10-18(30-17(2)24)11-13-21(27)29-3/h8-10,12,14,16,18-19,22,25,28H,4-7,11,13,15H2,1-3H3/b9-8+,12-10+/t18-,19?,22?,23?/m0/s1. The molecular formula is C23H34O7. The van der Waals surface area contributed by atoms with Crippen molar-refractivity contribution in [3.8, 4) is 0 Å². The lowest BCUT2D eigenvalue weighted by Gasteiger charge is -2.29. The second-order valence-corrected chi connectivity index (χ2v) is 7.51. The van der Waals surface area contributed by atoms with Crippen molar-refractivity contribution >= 4 is 17.7 Å². The molecule has 1 rings (SSSR count). The Morgan fingerprint density at radius 2 is 2.00 bits per heavy atom. The molecular weight excluding hydrogens is 388 g/mol. The van der Waals surface area contributed by atoms with Gasteiger partial charge in [-0.05, 0) is 43.9 Å². The summed E-state index contributed by atoms with van der Waals surface area (Å²) in [6, 6.07) is 0. The van der Waals surface area contributed by atoms with E-state index >= 15 is 0 Å². The highest BCUT2D eigenvalue weighted by Gasteiger charge is 2.45. The van der Waals surface area contributed by atoms with Crippen molar-refractivity contribution in [1.29, 1.82) is 0 Å². The number of carbonyl (C=O) groups excluding carboxylic acids is 3. The molecule has 7 nitrogen and oxygen atoms in total. The minimum Gasteiger partial charge on any atom is -0.469 e. The van der Waals surface area contributed by atoms with Crippen LogP contribution in [-0.4, -0.2) is 52.9 Å². The van der Waals surface area contributed by atoms with E-state index in [0.29, 0.717) is 0 Å². The highest BCUT2D eigenvalue weighted by Crippen LogP contribution is 2.34. The van der Waals surface area contributed by atoms with Gasteiger partial charge >= 0.3 is 11.9 Å².